The number of anilines is 4. The fourth-order valence-corrected chi connectivity index (χ4v) is 4.74. The molecule has 12 heteroatoms. The highest BCUT2D eigenvalue weighted by Crippen LogP contribution is 2.23. The van der Waals surface area contributed by atoms with Gasteiger partial charge in [-0.1, -0.05) is 6.07 Å². The maximum atomic E-state index is 12.1. The smallest absolute Gasteiger partial charge is 0.233 e. The van der Waals surface area contributed by atoms with Crippen LogP contribution in [0.5, 0.6) is 0 Å². The molecule has 0 spiro atoms. The van der Waals surface area contributed by atoms with Crippen molar-refractivity contribution in [1.82, 2.24) is 29.8 Å². The maximum absolute atomic E-state index is 12.1. The molecule has 1 atom stereocenters. The zero-order chi connectivity index (χ0) is 25.3. The summed E-state index contributed by atoms with van der Waals surface area (Å²) in [7, 11) is -1.94. The standard InChI is InChI=1S/C24H29N9O2S/c1-17-15-32(12-10-25-17)20-6-7-21(27-14-20)29-24-28-13-18-8-11-33(23(18)30-24)16-19-5-4-9-26-22(19)31(2)36(3,34)35/h4-9,11,13-14,17,25H,10,12,15-16H2,1-3H3,(H,27,28,29,30). The molecule has 0 bridgehead atoms. The third kappa shape index (κ3) is 5.09. The van der Waals surface area contributed by atoms with Gasteiger partial charge in [-0.25, -0.2) is 23.4 Å². The van der Waals surface area contributed by atoms with Gasteiger partial charge in [0.2, 0.25) is 16.0 Å². The zero-order valence-electron chi connectivity index (χ0n) is 20.5. The average Bonchev–Trinajstić information content (AvgIpc) is 3.26. The van der Waals surface area contributed by atoms with Crippen LogP contribution in [-0.4, -0.2) is 71.9 Å². The van der Waals surface area contributed by atoms with Gasteiger partial charge in [0.05, 0.1) is 24.7 Å². The number of pyridine rings is 2. The van der Waals surface area contributed by atoms with E-state index in [0.29, 0.717) is 30.2 Å². The number of aromatic nitrogens is 5. The first kappa shape index (κ1) is 23.9. The molecule has 5 rings (SSSR count). The molecule has 0 radical (unpaired) electrons. The summed E-state index contributed by atoms with van der Waals surface area (Å²) in [6.45, 7) is 5.44. The van der Waals surface area contributed by atoms with E-state index in [1.165, 1.54) is 11.4 Å². The molecule has 0 saturated carbocycles. The average molecular weight is 508 g/mol. The first-order chi connectivity index (χ1) is 17.3. The Labute approximate surface area is 210 Å². The molecule has 188 valence electrons. The summed E-state index contributed by atoms with van der Waals surface area (Å²) in [5.41, 5.74) is 2.57. The van der Waals surface area contributed by atoms with Crippen LogP contribution in [0.25, 0.3) is 11.0 Å². The van der Waals surface area contributed by atoms with Crippen LogP contribution in [-0.2, 0) is 16.6 Å². The van der Waals surface area contributed by atoms with Crippen LogP contribution in [0.2, 0.25) is 0 Å². The lowest BCUT2D eigenvalue weighted by molar-refractivity contribution is 0.484. The van der Waals surface area contributed by atoms with E-state index in [1.54, 1.807) is 18.5 Å². The lowest BCUT2D eigenvalue weighted by atomic mass is 10.2. The number of piperazine rings is 1. The van der Waals surface area contributed by atoms with Gasteiger partial charge < -0.3 is 20.1 Å². The molecule has 1 saturated heterocycles. The van der Waals surface area contributed by atoms with Crippen molar-refractivity contribution in [2.45, 2.75) is 19.5 Å². The summed E-state index contributed by atoms with van der Waals surface area (Å²) in [6, 6.07) is 10.0. The topological polar surface area (TPSA) is 121 Å². The maximum Gasteiger partial charge on any atom is 0.233 e. The van der Waals surface area contributed by atoms with Crippen LogP contribution in [0, 0.1) is 0 Å². The van der Waals surface area contributed by atoms with Gasteiger partial charge in [0, 0.05) is 62.3 Å². The Hall–Kier alpha value is -3.77. The van der Waals surface area contributed by atoms with Crippen molar-refractivity contribution < 1.29 is 8.42 Å². The Bertz CT molecular complexity index is 1470. The minimum absolute atomic E-state index is 0.387. The number of hydrogen-bond acceptors (Lipinski definition) is 9. The van der Waals surface area contributed by atoms with Crippen molar-refractivity contribution in [3.8, 4) is 0 Å². The SMILES string of the molecule is CC1CN(c2ccc(Nc3ncc4ccn(Cc5cccnc5N(C)S(C)(=O)=O)c4n3)nc2)CCN1. The Morgan fingerprint density at radius 3 is 2.78 bits per heavy atom. The van der Waals surface area contributed by atoms with Crippen molar-refractivity contribution in [3.63, 3.8) is 0 Å². The Morgan fingerprint density at radius 2 is 2.03 bits per heavy atom. The number of rotatable bonds is 7. The molecule has 11 nitrogen and oxygen atoms in total. The van der Waals surface area contributed by atoms with E-state index < -0.39 is 10.0 Å². The monoisotopic (exact) mass is 507 g/mol. The second-order valence-corrected chi connectivity index (χ2v) is 11.0. The summed E-state index contributed by atoms with van der Waals surface area (Å²) in [5, 5.41) is 7.51. The molecule has 4 aromatic heterocycles. The third-order valence-electron chi connectivity index (χ3n) is 6.23. The van der Waals surface area contributed by atoms with Crippen LogP contribution in [0.3, 0.4) is 0 Å². The van der Waals surface area contributed by atoms with Crippen LogP contribution in [0.15, 0.2) is 55.1 Å². The molecule has 4 aromatic rings. The minimum atomic E-state index is -3.44. The molecule has 1 fully saturated rings. The van der Waals surface area contributed by atoms with Gasteiger partial charge in [0.15, 0.2) is 0 Å². The Kier molecular flexibility index (Phi) is 6.46. The number of sulfonamides is 1. The summed E-state index contributed by atoms with van der Waals surface area (Å²) in [5.74, 6) is 1.47. The quantitative estimate of drug-likeness (QED) is 0.388. The van der Waals surface area contributed by atoms with Gasteiger partial charge in [0.25, 0.3) is 0 Å². The van der Waals surface area contributed by atoms with E-state index in [4.69, 9.17) is 4.98 Å². The predicted octanol–water partition coefficient (Wildman–Crippen LogP) is 2.21. The van der Waals surface area contributed by atoms with Crippen molar-refractivity contribution in [2.75, 3.05) is 47.5 Å². The first-order valence-corrected chi connectivity index (χ1v) is 13.5. The van der Waals surface area contributed by atoms with Gasteiger partial charge in [0.1, 0.15) is 17.3 Å². The first-order valence-electron chi connectivity index (χ1n) is 11.7. The summed E-state index contributed by atoms with van der Waals surface area (Å²) in [4.78, 5) is 20.3. The lowest BCUT2D eigenvalue weighted by Crippen LogP contribution is -2.49. The summed E-state index contributed by atoms with van der Waals surface area (Å²) < 4.78 is 27.3. The fraction of sp³-hybridized carbons (Fsp3) is 0.333. The second kappa shape index (κ2) is 9.70. The van der Waals surface area contributed by atoms with Crippen molar-refractivity contribution >= 4 is 44.3 Å². The third-order valence-corrected chi connectivity index (χ3v) is 7.40. The fourth-order valence-electron chi connectivity index (χ4n) is 4.26. The van der Waals surface area contributed by atoms with E-state index >= 15 is 0 Å². The summed E-state index contributed by atoms with van der Waals surface area (Å²) in [6.07, 6.45) is 8.27. The van der Waals surface area contributed by atoms with Crippen LogP contribution >= 0.6 is 0 Å². The Balaban J connectivity index is 1.36. The molecular weight excluding hydrogens is 478 g/mol. The van der Waals surface area contributed by atoms with Crippen molar-refractivity contribution in [1.29, 1.82) is 0 Å². The molecule has 36 heavy (non-hydrogen) atoms. The number of nitrogens with zero attached hydrogens (tertiary/aromatic N) is 7. The van der Waals surface area contributed by atoms with Crippen molar-refractivity contribution in [2.24, 2.45) is 0 Å². The lowest BCUT2D eigenvalue weighted by Gasteiger charge is -2.33. The normalized spacial score (nSPS) is 16.3. The molecule has 5 heterocycles. The predicted molar refractivity (Wildman–Crippen MR) is 141 cm³/mol. The molecule has 0 aliphatic carbocycles. The Morgan fingerprint density at radius 1 is 1.17 bits per heavy atom. The van der Waals surface area contributed by atoms with Crippen LogP contribution in [0.1, 0.15) is 12.5 Å². The van der Waals surface area contributed by atoms with E-state index in [9.17, 15) is 8.42 Å². The van der Waals surface area contributed by atoms with Gasteiger partial charge in [-0.15, -0.1) is 0 Å². The largest absolute Gasteiger partial charge is 0.367 e. The zero-order valence-corrected chi connectivity index (χ0v) is 21.3. The van der Waals surface area contributed by atoms with E-state index in [1.807, 2.05) is 35.2 Å². The molecule has 0 amide bonds. The molecule has 1 unspecified atom stereocenters. The van der Waals surface area contributed by atoms with E-state index in [-0.39, 0.29) is 0 Å². The molecule has 1 aliphatic rings. The number of nitrogens with one attached hydrogen (secondary N) is 2. The van der Waals surface area contributed by atoms with Gasteiger partial charge >= 0.3 is 0 Å². The van der Waals surface area contributed by atoms with Crippen LogP contribution < -0.4 is 19.8 Å². The highest BCUT2D eigenvalue weighted by atomic mass is 32.2. The van der Waals surface area contributed by atoms with E-state index in [0.717, 1.165) is 48.2 Å². The molecular formula is C24H29N9O2S. The van der Waals surface area contributed by atoms with Gasteiger partial charge in [-0.2, -0.15) is 4.98 Å². The minimum Gasteiger partial charge on any atom is -0.367 e. The highest BCUT2D eigenvalue weighted by molar-refractivity contribution is 7.92. The second-order valence-electron chi connectivity index (χ2n) is 8.96. The molecule has 2 N–H and O–H groups in total. The van der Waals surface area contributed by atoms with E-state index in [2.05, 4.69) is 43.5 Å². The molecule has 1 aliphatic heterocycles. The summed E-state index contributed by atoms with van der Waals surface area (Å²) >= 11 is 0. The van der Waals surface area contributed by atoms with Crippen molar-refractivity contribution in [3.05, 3.63) is 60.7 Å². The highest BCUT2D eigenvalue weighted by Gasteiger charge is 2.18. The van der Waals surface area contributed by atoms with Gasteiger partial charge in [-0.05, 0) is 31.2 Å². The number of hydrogen-bond donors (Lipinski definition) is 2. The van der Waals surface area contributed by atoms with Crippen LogP contribution in [0.4, 0.5) is 23.3 Å². The molecule has 0 aromatic carbocycles. The number of fused-ring (bicyclic) bond motifs is 1. The van der Waals surface area contributed by atoms with Gasteiger partial charge in [-0.3, -0.25) is 4.31 Å².